The van der Waals surface area contributed by atoms with E-state index in [1.165, 1.54) is 0 Å². The normalized spacial score (nSPS) is 11.1. The highest BCUT2D eigenvalue weighted by molar-refractivity contribution is 6.30. The van der Waals surface area contributed by atoms with Gasteiger partial charge < -0.3 is 14.2 Å². The van der Waals surface area contributed by atoms with E-state index in [0.717, 1.165) is 17.0 Å². The van der Waals surface area contributed by atoms with Gasteiger partial charge in [0.15, 0.2) is 6.29 Å². The third-order valence-electron chi connectivity index (χ3n) is 2.38. The van der Waals surface area contributed by atoms with Crippen molar-refractivity contribution in [1.82, 2.24) is 0 Å². The van der Waals surface area contributed by atoms with Crippen molar-refractivity contribution in [3.05, 3.63) is 34.9 Å². The fraction of sp³-hybridized carbons (Fsp3) is 0.571. The molecule has 0 unspecified atom stereocenters. The van der Waals surface area contributed by atoms with Crippen LogP contribution in [-0.2, 0) is 20.8 Å². The number of hydrogen-bond acceptors (Lipinski definition) is 3. The summed E-state index contributed by atoms with van der Waals surface area (Å²) < 4.78 is 16.4. The lowest BCUT2D eigenvalue weighted by Crippen LogP contribution is -2.19. The predicted octanol–water partition coefficient (Wildman–Crippen LogP) is 3.65. The summed E-state index contributed by atoms with van der Waals surface area (Å²) in [5.74, 6) is 0. The molecule has 0 radical (unpaired) electrons. The van der Waals surface area contributed by atoms with E-state index in [9.17, 15) is 0 Å². The number of halogens is 1. The van der Waals surface area contributed by atoms with Crippen molar-refractivity contribution in [2.75, 3.05) is 19.8 Å². The van der Waals surface area contributed by atoms with Crippen LogP contribution in [0.25, 0.3) is 0 Å². The molecule has 0 spiro atoms. The van der Waals surface area contributed by atoms with Crippen molar-refractivity contribution in [3.63, 3.8) is 0 Å². The second kappa shape index (κ2) is 9.34. The molecule has 0 aliphatic rings. The highest BCUT2D eigenvalue weighted by Crippen LogP contribution is 2.10. The number of ether oxygens (including phenoxy) is 3. The summed E-state index contributed by atoms with van der Waals surface area (Å²) in [6, 6.07) is 7.66. The predicted molar refractivity (Wildman–Crippen MR) is 72.8 cm³/mol. The zero-order chi connectivity index (χ0) is 13.2. The van der Waals surface area contributed by atoms with Crippen LogP contribution in [0, 0.1) is 0 Å². The van der Waals surface area contributed by atoms with E-state index >= 15 is 0 Å². The molecule has 0 aromatic heterocycles. The molecule has 0 aliphatic heterocycles. The third-order valence-corrected chi connectivity index (χ3v) is 2.64. The smallest absolute Gasteiger partial charge is 0.159 e. The van der Waals surface area contributed by atoms with Crippen molar-refractivity contribution in [2.45, 2.75) is 33.2 Å². The SMILES string of the molecule is CCOC(CCOCc1ccc(Cl)cc1)OCC. The zero-order valence-corrected chi connectivity index (χ0v) is 11.8. The molecular formula is C14H21ClO3. The maximum atomic E-state index is 5.81. The molecule has 0 bridgehead atoms. The van der Waals surface area contributed by atoms with Gasteiger partial charge in [-0.05, 0) is 31.5 Å². The van der Waals surface area contributed by atoms with Gasteiger partial charge in [0.05, 0.1) is 13.2 Å². The van der Waals surface area contributed by atoms with Gasteiger partial charge in [-0.1, -0.05) is 23.7 Å². The first kappa shape index (κ1) is 15.4. The highest BCUT2D eigenvalue weighted by atomic mass is 35.5. The van der Waals surface area contributed by atoms with Gasteiger partial charge in [-0.15, -0.1) is 0 Å². The van der Waals surface area contributed by atoms with Crippen LogP contribution in [-0.4, -0.2) is 26.1 Å². The Morgan fingerprint density at radius 1 is 1.06 bits per heavy atom. The van der Waals surface area contributed by atoms with Gasteiger partial charge in [0.25, 0.3) is 0 Å². The number of rotatable bonds is 9. The van der Waals surface area contributed by atoms with Crippen LogP contribution in [0.15, 0.2) is 24.3 Å². The molecule has 18 heavy (non-hydrogen) atoms. The molecule has 4 heteroatoms. The Balaban J connectivity index is 2.18. The van der Waals surface area contributed by atoms with E-state index in [1.807, 2.05) is 38.1 Å². The largest absolute Gasteiger partial charge is 0.377 e. The molecule has 0 amide bonds. The molecule has 0 fully saturated rings. The van der Waals surface area contributed by atoms with Crippen LogP contribution in [0.4, 0.5) is 0 Å². The summed E-state index contributed by atoms with van der Waals surface area (Å²) in [5.41, 5.74) is 1.11. The third kappa shape index (κ3) is 6.36. The second-order valence-electron chi connectivity index (χ2n) is 3.81. The van der Waals surface area contributed by atoms with Crippen LogP contribution in [0.3, 0.4) is 0 Å². The average Bonchev–Trinajstić information content (AvgIpc) is 2.37. The Bertz CT molecular complexity index is 307. The van der Waals surface area contributed by atoms with Gasteiger partial charge in [0.2, 0.25) is 0 Å². The Morgan fingerprint density at radius 3 is 2.22 bits per heavy atom. The fourth-order valence-corrected chi connectivity index (χ4v) is 1.66. The molecule has 102 valence electrons. The molecule has 1 rings (SSSR count). The van der Waals surface area contributed by atoms with E-state index in [1.54, 1.807) is 0 Å². The van der Waals surface area contributed by atoms with Crippen molar-refractivity contribution < 1.29 is 14.2 Å². The maximum Gasteiger partial charge on any atom is 0.159 e. The van der Waals surface area contributed by atoms with E-state index < -0.39 is 0 Å². The molecule has 0 N–H and O–H groups in total. The lowest BCUT2D eigenvalue weighted by Gasteiger charge is -2.16. The second-order valence-corrected chi connectivity index (χ2v) is 4.24. The fourth-order valence-electron chi connectivity index (χ4n) is 1.54. The van der Waals surface area contributed by atoms with Crippen molar-refractivity contribution in [3.8, 4) is 0 Å². The summed E-state index contributed by atoms with van der Waals surface area (Å²) in [6.07, 6.45) is 0.583. The molecule has 3 nitrogen and oxygen atoms in total. The Hall–Kier alpha value is -0.610. The molecule has 0 saturated heterocycles. The topological polar surface area (TPSA) is 27.7 Å². The Morgan fingerprint density at radius 2 is 1.67 bits per heavy atom. The van der Waals surface area contributed by atoms with Gasteiger partial charge >= 0.3 is 0 Å². The number of hydrogen-bond donors (Lipinski definition) is 0. The minimum absolute atomic E-state index is 0.162. The Labute approximate surface area is 114 Å². The monoisotopic (exact) mass is 272 g/mol. The van der Waals surface area contributed by atoms with Crippen LogP contribution in [0.1, 0.15) is 25.8 Å². The summed E-state index contributed by atoms with van der Waals surface area (Å²) in [6.45, 7) is 6.43. The highest BCUT2D eigenvalue weighted by Gasteiger charge is 2.07. The van der Waals surface area contributed by atoms with Crippen molar-refractivity contribution in [1.29, 1.82) is 0 Å². The average molecular weight is 273 g/mol. The summed E-state index contributed by atoms with van der Waals surface area (Å²) in [5, 5.41) is 0.742. The minimum Gasteiger partial charge on any atom is -0.377 e. The lowest BCUT2D eigenvalue weighted by molar-refractivity contribution is -0.147. The minimum atomic E-state index is -0.162. The molecule has 1 aromatic carbocycles. The van der Waals surface area contributed by atoms with E-state index in [2.05, 4.69) is 0 Å². The van der Waals surface area contributed by atoms with Gasteiger partial charge in [0.1, 0.15) is 0 Å². The lowest BCUT2D eigenvalue weighted by atomic mass is 10.2. The van der Waals surface area contributed by atoms with E-state index in [-0.39, 0.29) is 6.29 Å². The van der Waals surface area contributed by atoms with Gasteiger partial charge in [0, 0.05) is 24.7 Å². The molecule has 0 aliphatic carbocycles. The van der Waals surface area contributed by atoms with Crippen molar-refractivity contribution in [2.24, 2.45) is 0 Å². The Kier molecular flexibility index (Phi) is 8.01. The van der Waals surface area contributed by atoms with Gasteiger partial charge in [-0.3, -0.25) is 0 Å². The maximum absolute atomic E-state index is 5.81. The van der Waals surface area contributed by atoms with Crippen molar-refractivity contribution >= 4 is 11.6 Å². The molecule has 0 atom stereocenters. The van der Waals surface area contributed by atoms with Gasteiger partial charge in [-0.25, -0.2) is 0 Å². The van der Waals surface area contributed by atoms with Crippen LogP contribution < -0.4 is 0 Å². The first-order valence-electron chi connectivity index (χ1n) is 6.31. The zero-order valence-electron chi connectivity index (χ0n) is 11.0. The standard InChI is InChI=1S/C14H21ClO3/c1-3-17-14(18-4-2)9-10-16-11-12-5-7-13(15)8-6-12/h5-8,14H,3-4,9-11H2,1-2H3. The number of benzene rings is 1. The molecule has 0 saturated carbocycles. The molecular weight excluding hydrogens is 252 g/mol. The molecule has 0 heterocycles. The summed E-state index contributed by atoms with van der Waals surface area (Å²) in [7, 11) is 0. The quantitative estimate of drug-likeness (QED) is 0.507. The summed E-state index contributed by atoms with van der Waals surface area (Å²) >= 11 is 5.81. The van der Waals surface area contributed by atoms with Crippen LogP contribution >= 0.6 is 11.6 Å². The first-order valence-corrected chi connectivity index (χ1v) is 6.69. The summed E-state index contributed by atoms with van der Waals surface area (Å²) in [4.78, 5) is 0. The van der Waals surface area contributed by atoms with Crippen LogP contribution in [0.5, 0.6) is 0 Å². The van der Waals surface area contributed by atoms with E-state index in [0.29, 0.717) is 26.4 Å². The molecule has 1 aromatic rings. The van der Waals surface area contributed by atoms with Crippen LogP contribution in [0.2, 0.25) is 5.02 Å². The van der Waals surface area contributed by atoms with Gasteiger partial charge in [-0.2, -0.15) is 0 Å². The van der Waals surface area contributed by atoms with E-state index in [4.69, 9.17) is 25.8 Å². The first-order chi connectivity index (χ1) is 8.76.